The molecule has 72 valence electrons. The van der Waals surface area contributed by atoms with E-state index in [9.17, 15) is 0 Å². The summed E-state index contributed by atoms with van der Waals surface area (Å²) >= 11 is 0. The molecule has 0 radical (unpaired) electrons. The zero-order valence-electron chi connectivity index (χ0n) is 8.18. The molecule has 1 aliphatic carbocycles. The molecule has 2 nitrogen and oxygen atoms in total. The smallest absolute Gasteiger partial charge is 0.0219 e. The van der Waals surface area contributed by atoms with Gasteiger partial charge in [0, 0.05) is 12.1 Å². The van der Waals surface area contributed by atoms with Gasteiger partial charge in [0.05, 0.1) is 0 Å². The molecule has 12 heavy (non-hydrogen) atoms. The number of rotatable bonds is 4. The summed E-state index contributed by atoms with van der Waals surface area (Å²) in [5.74, 6) is 0. The second kappa shape index (κ2) is 5.55. The number of nitrogens with one attached hydrogen (secondary N) is 1. The van der Waals surface area contributed by atoms with Crippen LogP contribution in [0.2, 0.25) is 0 Å². The quantitative estimate of drug-likeness (QED) is 0.630. The molecular formula is C10H22N2. The molecule has 1 saturated carbocycles. The minimum atomic E-state index is 0.413. The highest BCUT2D eigenvalue weighted by Gasteiger charge is 2.20. The Bertz CT molecular complexity index is 114. The van der Waals surface area contributed by atoms with E-state index in [-0.39, 0.29) is 0 Å². The lowest BCUT2D eigenvalue weighted by atomic mass is 9.91. The maximum absolute atomic E-state index is 6.00. The van der Waals surface area contributed by atoms with Gasteiger partial charge >= 0.3 is 0 Å². The van der Waals surface area contributed by atoms with Crippen molar-refractivity contribution < 1.29 is 0 Å². The second-order valence-corrected chi connectivity index (χ2v) is 3.86. The van der Waals surface area contributed by atoms with Gasteiger partial charge < -0.3 is 11.1 Å². The minimum absolute atomic E-state index is 0.413. The third-order valence-electron chi connectivity index (χ3n) is 2.76. The highest BCUT2D eigenvalue weighted by Crippen LogP contribution is 2.16. The maximum atomic E-state index is 6.00. The molecule has 0 aromatic carbocycles. The Balaban J connectivity index is 2.11. The molecule has 0 spiro atoms. The maximum Gasteiger partial charge on any atom is 0.0219 e. The monoisotopic (exact) mass is 170 g/mol. The first kappa shape index (κ1) is 10.0. The van der Waals surface area contributed by atoms with Crippen molar-refractivity contribution in [2.75, 3.05) is 6.54 Å². The van der Waals surface area contributed by atoms with E-state index in [0.717, 1.165) is 6.54 Å². The first-order valence-corrected chi connectivity index (χ1v) is 5.33. The lowest BCUT2D eigenvalue weighted by Crippen LogP contribution is -2.47. The van der Waals surface area contributed by atoms with Crippen molar-refractivity contribution in [3.63, 3.8) is 0 Å². The number of unbranched alkanes of at least 4 members (excludes halogenated alkanes) is 1. The number of hydrogen-bond acceptors (Lipinski definition) is 2. The summed E-state index contributed by atoms with van der Waals surface area (Å²) in [4.78, 5) is 0. The van der Waals surface area contributed by atoms with Crippen molar-refractivity contribution >= 4 is 0 Å². The molecule has 3 N–H and O–H groups in total. The summed E-state index contributed by atoms with van der Waals surface area (Å²) < 4.78 is 0. The van der Waals surface area contributed by atoms with E-state index in [0.29, 0.717) is 12.1 Å². The summed E-state index contributed by atoms with van der Waals surface area (Å²) in [6.07, 6.45) is 7.73. The van der Waals surface area contributed by atoms with E-state index in [4.69, 9.17) is 5.73 Å². The minimum Gasteiger partial charge on any atom is -0.326 e. The van der Waals surface area contributed by atoms with Crippen LogP contribution in [-0.2, 0) is 0 Å². The predicted molar refractivity (Wildman–Crippen MR) is 53.1 cm³/mol. The van der Waals surface area contributed by atoms with Crippen LogP contribution < -0.4 is 11.1 Å². The molecule has 0 heterocycles. The van der Waals surface area contributed by atoms with Gasteiger partial charge in [-0.3, -0.25) is 0 Å². The van der Waals surface area contributed by atoms with Crippen LogP contribution in [0.15, 0.2) is 0 Å². The van der Waals surface area contributed by atoms with Gasteiger partial charge in [0.1, 0.15) is 0 Å². The van der Waals surface area contributed by atoms with Crippen LogP contribution in [0.1, 0.15) is 45.4 Å². The zero-order chi connectivity index (χ0) is 8.81. The first-order chi connectivity index (χ1) is 5.84. The lowest BCUT2D eigenvalue weighted by Gasteiger charge is -2.29. The molecule has 0 aromatic rings. The largest absolute Gasteiger partial charge is 0.326 e. The SMILES string of the molecule is CCCCN[C@H]1CCCC[C@H]1N. The van der Waals surface area contributed by atoms with Crippen molar-refractivity contribution in [3.05, 3.63) is 0 Å². The van der Waals surface area contributed by atoms with Gasteiger partial charge in [-0.05, 0) is 25.8 Å². The van der Waals surface area contributed by atoms with E-state index in [1.54, 1.807) is 0 Å². The number of hydrogen-bond donors (Lipinski definition) is 2. The van der Waals surface area contributed by atoms with Crippen molar-refractivity contribution in [1.29, 1.82) is 0 Å². The van der Waals surface area contributed by atoms with Gasteiger partial charge in [0.15, 0.2) is 0 Å². The third kappa shape index (κ3) is 3.11. The molecular weight excluding hydrogens is 148 g/mol. The topological polar surface area (TPSA) is 38.0 Å². The summed E-state index contributed by atoms with van der Waals surface area (Å²) in [5.41, 5.74) is 6.00. The molecule has 2 atom stereocenters. The van der Waals surface area contributed by atoms with Gasteiger partial charge in [-0.25, -0.2) is 0 Å². The molecule has 1 fully saturated rings. The molecule has 1 aliphatic rings. The molecule has 2 heteroatoms. The molecule has 0 saturated heterocycles. The van der Waals surface area contributed by atoms with E-state index in [1.165, 1.54) is 38.5 Å². The summed E-state index contributed by atoms with van der Waals surface area (Å²) in [7, 11) is 0. The normalized spacial score (nSPS) is 30.5. The van der Waals surface area contributed by atoms with Crippen LogP contribution in [0.5, 0.6) is 0 Å². The number of nitrogens with two attached hydrogens (primary N) is 1. The van der Waals surface area contributed by atoms with Gasteiger partial charge in [0.2, 0.25) is 0 Å². The highest BCUT2D eigenvalue weighted by atomic mass is 14.9. The Morgan fingerprint density at radius 2 is 2.08 bits per heavy atom. The molecule has 0 aromatic heterocycles. The Hall–Kier alpha value is -0.0800. The van der Waals surface area contributed by atoms with Crippen LogP contribution in [0.25, 0.3) is 0 Å². The predicted octanol–water partition coefficient (Wildman–Crippen LogP) is 1.65. The van der Waals surface area contributed by atoms with Crippen LogP contribution in [-0.4, -0.2) is 18.6 Å². The van der Waals surface area contributed by atoms with E-state index < -0.39 is 0 Å². The fourth-order valence-electron chi connectivity index (χ4n) is 1.88. The fraction of sp³-hybridized carbons (Fsp3) is 1.00. The zero-order valence-corrected chi connectivity index (χ0v) is 8.18. The Kier molecular flexibility index (Phi) is 4.62. The summed E-state index contributed by atoms with van der Waals surface area (Å²) in [6, 6.07) is 1.01. The Morgan fingerprint density at radius 1 is 1.33 bits per heavy atom. The van der Waals surface area contributed by atoms with Crippen molar-refractivity contribution in [1.82, 2.24) is 5.32 Å². The molecule has 0 bridgehead atoms. The van der Waals surface area contributed by atoms with Crippen molar-refractivity contribution in [2.24, 2.45) is 5.73 Å². The van der Waals surface area contributed by atoms with Crippen LogP contribution in [0, 0.1) is 0 Å². The van der Waals surface area contributed by atoms with Crippen LogP contribution in [0.4, 0.5) is 0 Å². The van der Waals surface area contributed by atoms with Gasteiger partial charge in [-0.2, -0.15) is 0 Å². The summed E-state index contributed by atoms with van der Waals surface area (Å²) in [5, 5.41) is 3.55. The van der Waals surface area contributed by atoms with Crippen molar-refractivity contribution in [3.8, 4) is 0 Å². The van der Waals surface area contributed by atoms with Crippen LogP contribution in [0.3, 0.4) is 0 Å². The van der Waals surface area contributed by atoms with Crippen LogP contribution >= 0.6 is 0 Å². The highest BCUT2D eigenvalue weighted by molar-refractivity contribution is 4.83. The van der Waals surface area contributed by atoms with E-state index in [1.807, 2.05) is 0 Å². The van der Waals surface area contributed by atoms with E-state index >= 15 is 0 Å². The van der Waals surface area contributed by atoms with Crippen molar-refractivity contribution in [2.45, 2.75) is 57.5 Å². The van der Waals surface area contributed by atoms with Gasteiger partial charge in [-0.15, -0.1) is 0 Å². The second-order valence-electron chi connectivity index (χ2n) is 3.86. The standard InChI is InChI=1S/C10H22N2/c1-2-3-8-12-10-7-5-4-6-9(10)11/h9-10,12H,2-8,11H2,1H3/t9-,10+/m1/s1. The van der Waals surface area contributed by atoms with Gasteiger partial charge in [0.25, 0.3) is 0 Å². The first-order valence-electron chi connectivity index (χ1n) is 5.33. The van der Waals surface area contributed by atoms with Gasteiger partial charge in [-0.1, -0.05) is 26.2 Å². The Morgan fingerprint density at radius 3 is 2.75 bits per heavy atom. The average Bonchev–Trinajstić information content (AvgIpc) is 2.09. The molecule has 1 rings (SSSR count). The molecule has 0 unspecified atom stereocenters. The summed E-state index contributed by atoms with van der Waals surface area (Å²) in [6.45, 7) is 3.37. The Labute approximate surface area is 75.9 Å². The third-order valence-corrected chi connectivity index (χ3v) is 2.76. The molecule has 0 aliphatic heterocycles. The van der Waals surface area contributed by atoms with E-state index in [2.05, 4.69) is 12.2 Å². The molecule has 0 amide bonds. The lowest BCUT2D eigenvalue weighted by molar-refractivity contribution is 0.327. The fourth-order valence-corrected chi connectivity index (χ4v) is 1.88. The average molecular weight is 170 g/mol.